The Morgan fingerprint density at radius 3 is 2.35 bits per heavy atom. The van der Waals surface area contributed by atoms with Gasteiger partial charge in [-0.05, 0) is 0 Å². The summed E-state index contributed by atoms with van der Waals surface area (Å²) in [5, 5.41) is 64.8. The zero-order chi connectivity index (χ0) is 30.2. The second-order valence-electron chi connectivity index (χ2n) is 8.40. The highest BCUT2D eigenvalue weighted by atomic mass is 79.9. The van der Waals surface area contributed by atoms with Gasteiger partial charge in [0.15, 0.2) is 6.29 Å². The van der Waals surface area contributed by atoms with E-state index in [-0.39, 0.29) is 37.3 Å². The number of nitrogens with zero attached hydrogens (tertiary/aromatic N) is 3. The monoisotopic (exact) mass is 660 g/mol. The van der Waals surface area contributed by atoms with Crippen LogP contribution in [-0.2, 0) is 23.8 Å². The maximum absolute atomic E-state index is 13.1. The van der Waals surface area contributed by atoms with Crippen molar-refractivity contribution in [3.05, 3.63) is 37.9 Å². The first-order valence-electron chi connectivity index (χ1n) is 11.5. The van der Waals surface area contributed by atoms with Gasteiger partial charge in [0, 0.05) is 31.0 Å². The molecule has 1 fully saturated rings. The van der Waals surface area contributed by atoms with Gasteiger partial charge in [0.05, 0.1) is 47.6 Å². The summed E-state index contributed by atoms with van der Waals surface area (Å²) in [5.74, 6) is -0.984. The largest absolute Gasteiger partial charge is 0.394 e. The van der Waals surface area contributed by atoms with Gasteiger partial charge in [-0.2, -0.15) is 8.42 Å². The zero-order valence-corrected chi connectivity index (χ0v) is 23.4. The Morgan fingerprint density at radius 2 is 1.80 bits per heavy atom. The number of hydrogen-bond acceptors (Lipinski definition) is 15. The normalized spacial score (nSPS) is 23.0. The summed E-state index contributed by atoms with van der Waals surface area (Å²) >= 11 is 3.17. The third-order valence-corrected chi connectivity index (χ3v) is 6.52. The molecule has 20 heteroatoms. The minimum Gasteiger partial charge on any atom is -0.394 e. The molecule has 0 unspecified atom stereocenters. The number of alkyl halides is 1. The van der Waals surface area contributed by atoms with Crippen molar-refractivity contribution in [2.75, 3.05) is 55.9 Å². The predicted molar refractivity (Wildman–Crippen MR) is 139 cm³/mol. The minimum absolute atomic E-state index is 0.0201. The molecule has 1 saturated heterocycles. The van der Waals surface area contributed by atoms with E-state index in [1.807, 2.05) is 0 Å². The molecule has 1 heterocycles. The van der Waals surface area contributed by atoms with Crippen molar-refractivity contribution in [3.8, 4) is 0 Å². The summed E-state index contributed by atoms with van der Waals surface area (Å²) in [6.07, 6.45) is -6.88. The Hall–Kier alpha value is -2.56. The first kappa shape index (κ1) is 33.6. The van der Waals surface area contributed by atoms with Crippen molar-refractivity contribution < 1.29 is 57.1 Å². The highest BCUT2D eigenvalue weighted by molar-refractivity contribution is 9.09. The number of carbonyl (C=O) groups is 1. The third-order valence-electron chi connectivity index (χ3n) is 5.57. The smallest absolute Gasteiger partial charge is 0.300 e. The van der Waals surface area contributed by atoms with Gasteiger partial charge in [0.2, 0.25) is 0 Å². The minimum atomic E-state index is -3.85. The van der Waals surface area contributed by atoms with Crippen LogP contribution in [0.15, 0.2) is 12.1 Å². The summed E-state index contributed by atoms with van der Waals surface area (Å²) in [6, 6.07) is 1.50. The summed E-state index contributed by atoms with van der Waals surface area (Å²) in [5.41, 5.74) is -2.31. The summed E-state index contributed by atoms with van der Waals surface area (Å²) < 4.78 is 37.9. The lowest BCUT2D eigenvalue weighted by atomic mass is 9.99. The highest BCUT2D eigenvalue weighted by Crippen LogP contribution is 2.36. The number of carbonyl (C=O) groups excluding carboxylic acids is 1. The van der Waals surface area contributed by atoms with Crippen LogP contribution in [0.4, 0.5) is 17.1 Å². The van der Waals surface area contributed by atoms with Crippen molar-refractivity contribution in [2.24, 2.45) is 0 Å². The number of non-ortho nitro benzene ring substituents is 1. The average Bonchev–Trinajstić information content (AvgIpc) is 2.88. The van der Waals surface area contributed by atoms with Gasteiger partial charge in [0.1, 0.15) is 30.1 Å². The maximum atomic E-state index is 13.1. The van der Waals surface area contributed by atoms with Crippen LogP contribution in [0.25, 0.3) is 0 Å². The molecule has 0 aliphatic carbocycles. The molecule has 2 rings (SSSR count). The molecule has 226 valence electrons. The van der Waals surface area contributed by atoms with Gasteiger partial charge in [-0.3, -0.25) is 29.2 Å². The molecular weight excluding hydrogens is 632 g/mol. The fraction of sp³-hybridized carbons (Fsp3) is 0.650. The first-order valence-corrected chi connectivity index (χ1v) is 14.5. The molecule has 5 N–H and O–H groups in total. The molecule has 0 spiro atoms. The van der Waals surface area contributed by atoms with Crippen LogP contribution in [0.1, 0.15) is 10.4 Å². The van der Waals surface area contributed by atoms with E-state index in [1.165, 1.54) is 4.90 Å². The Labute approximate surface area is 236 Å². The topological polar surface area (TPSA) is 261 Å². The lowest BCUT2D eigenvalue weighted by Crippen LogP contribution is -2.59. The molecule has 1 aromatic rings. The van der Waals surface area contributed by atoms with E-state index in [9.17, 15) is 53.9 Å². The number of aliphatic hydroxyl groups is 4. The van der Waals surface area contributed by atoms with E-state index in [4.69, 9.17) is 13.7 Å². The lowest BCUT2D eigenvalue weighted by Gasteiger charge is -2.39. The van der Waals surface area contributed by atoms with Crippen molar-refractivity contribution >= 4 is 49.0 Å². The number of rotatable bonds is 15. The molecule has 1 aliphatic rings. The van der Waals surface area contributed by atoms with E-state index in [1.54, 1.807) is 0 Å². The molecule has 0 aromatic heterocycles. The standard InChI is InChI=1S/C20H29BrN4O14S/c1-40(35,36)38-7-5-23(4-2-21)15-12(8-11(24(31)32)9-13(15)25(33)34)19(30)22-3-6-37-20-18(29)17(28)16(27)14(10-26)39-20/h8-9,14,16-18,20,26-29H,2-7,10H2,1H3,(H,22,30)/t14-,16+,17-,18-,20-/m1/s1. The van der Waals surface area contributed by atoms with Crippen molar-refractivity contribution in [2.45, 2.75) is 30.7 Å². The fourth-order valence-electron chi connectivity index (χ4n) is 3.73. The number of nitrogens with one attached hydrogen (secondary N) is 1. The van der Waals surface area contributed by atoms with Crippen LogP contribution in [0.2, 0.25) is 0 Å². The molecular formula is C20H29BrN4O14S. The van der Waals surface area contributed by atoms with Crippen LogP contribution in [0.3, 0.4) is 0 Å². The Kier molecular flexibility index (Phi) is 12.5. The second-order valence-corrected chi connectivity index (χ2v) is 10.8. The number of amides is 1. The van der Waals surface area contributed by atoms with E-state index < -0.39 is 86.7 Å². The molecule has 0 bridgehead atoms. The van der Waals surface area contributed by atoms with E-state index in [0.29, 0.717) is 6.07 Å². The summed E-state index contributed by atoms with van der Waals surface area (Å²) in [4.78, 5) is 35.8. The van der Waals surface area contributed by atoms with Gasteiger partial charge < -0.3 is 40.1 Å². The fourth-order valence-corrected chi connectivity index (χ4v) is 4.54. The van der Waals surface area contributed by atoms with Gasteiger partial charge >= 0.3 is 0 Å². The van der Waals surface area contributed by atoms with E-state index >= 15 is 0 Å². The molecule has 18 nitrogen and oxygen atoms in total. The third kappa shape index (κ3) is 8.97. The van der Waals surface area contributed by atoms with Crippen molar-refractivity contribution in [1.29, 1.82) is 0 Å². The predicted octanol–water partition coefficient (Wildman–Crippen LogP) is -1.77. The van der Waals surface area contributed by atoms with Crippen LogP contribution in [-0.4, -0.2) is 126 Å². The van der Waals surface area contributed by atoms with E-state index in [2.05, 4.69) is 21.2 Å². The zero-order valence-electron chi connectivity index (χ0n) is 21.0. The van der Waals surface area contributed by atoms with Crippen molar-refractivity contribution in [1.82, 2.24) is 5.32 Å². The maximum Gasteiger partial charge on any atom is 0.300 e. The average molecular weight is 661 g/mol. The first-order chi connectivity index (χ1) is 18.7. The molecule has 1 aliphatic heterocycles. The second kappa shape index (κ2) is 14.9. The number of nitro benzene ring substituents is 2. The summed E-state index contributed by atoms with van der Waals surface area (Å²) in [7, 11) is -3.85. The number of benzene rings is 1. The summed E-state index contributed by atoms with van der Waals surface area (Å²) in [6.45, 7) is -2.00. The molecule has 0 radical (unpaired) electrons. The Bertz CT molecular complexity index is 1170. The van der Waals surface area contributed by atoms with Crippen molar-refractivity contribution in [3.63, 3.8) is 0 Å². The molecule has 1 amide bonds. The van der Waals surface area contributed by atoms with Crippen LogP contribution in [0, 0.1) is 20.2 Å². The van der Waals surface area contributed by atoms with Gasteiger partial charge in [-0.1, -0.05) is 15.9 Å². The lowest BCUT2D eigenvalue weighted by molar-refractivity contribution is -0.393. The van der Waals surface area contributed by atoms with Gasteiger partial charge in [-0.15, -0.1) is 0 Å². The quantitative estimate of drug-likeness (QED) is 0.0458. The van der Waals surface area contributed by atoms with Gasteiger partial charge in [0.25, 0.3) is 27.4 Å². The van der Waals surface area contributed by atoms with E-state index in [0.717, 1.165) is 12.3 Å². The van der Waals surface area contributed by atoms with Crippen LogP contribution < -0.4 is 10.2 Å². The SMILES string of the molecule is CS(=O)(=O)OCCN(CCBr)c1c(C(=O)NCCO[C@@H]2O[C@H](CO)[C@H](O)[C@@H](O)[C@H]2O)cc([N+](=O)[O-])cc1[N+](=O)[O-]. The number of halogens is 1. The molecule has 1 aromatic carbocycles. The number of nitro groups is 2. The number of ether oxygens (including phenoxy) is 2. The highest BCUT2D eigenvalue weighted by Gasteiger charge is 2.44. The Morgan fingerprint density at radius 1 is 1.12 bits per heavy atom. The molecule has 40 heavy (non-hydrogen) atoms. The molecule has 5 atom stereocenters. The number of anilines is 1. The van der Waals surface area contributed by atoms with Crippen LogP contribution >= 0.6 is 15.9 Å². The molecule has 0 saturated carbocycles. The van der Waals surface area contributed by atoms with Crippen LogP contribution in [0.5, 0.6) is 0 Å². The van der Waals surface area contributed by atoms with Gasteiger partial charge in [-0.25, -0.2) is 0 Å². The number of hydrogen-bond donors (Lipinski definition) is 5. The Balaban J connectivity index is 2.28. The number of aliphatic hydroxyl groups excluding tert-OH is 4.